The SMILES string of the molecule is CCCCCCCCCCCCCCCCCC(N)(CCCCCCCC)CCCCCCCCCCCC.I. The molecule has 0 saturated heterocycles. The summed E-state index contributed by atoms with van der Waals surface area (Å²) in [6.07, 6.45) is 48.1. The van der Waals surface area contributed by atoms with Crippen LogP contribution >= 0.6 is 24.0 Å². The zero-order chi connectivity index (χ0) is 28.5. The molecule has 0 aliphatic carbocycles. The van der Waals surface area contributed by atoms with E-state index in [1.807, 2.05) is 0 Å². The van der Waals surface area contributed by atoms with E-state index < -0.39 is 0 Å². The zero-order valence-corrected chi connectivity index (χ0v) is 30.9. The molecule has 1 atom stereocenters. The van der Waals surface area contributed by atoms with Gasteiger partial charge in [-0.3, -0.25) is 0 Å². The normalized spacial score (nSPS) is 12.9. The summed E-state index contributed by atoms with van der Waals surface area (Å²) in [5, 5.41) is 0. The Bertz CT molecular complexity index is 439. The van der Waals surface area contributed by atoms with Gasteiger partial charge >= 0.3 is 0 Å². The Morgan fingerprint density at radius 2 is 0.425 bits per heavy atom. The number of nitrogens with two attached hydrogens (primary N) is 1. The van der Waals surface area contributed by atoms with Crippen LogP contribution in [0.4, 0.5) is 0 Å². The fourth-order valence-electron chi connectivity index (χ4n) is 6.45. The Kier molecular flexibility index (Phi) is 38.4. The summed E-state index contributed by atoms with van der Waals surface area (Å²) in [4.78, 5) is 0. The summed E-state index contributed by atoms with van der Waals surface area (Å²) in [5.41, 5.74) is 7.23. The van der Waals surface area contributed by atoms with Crippen molar-refractivity contribution in [1.82, 2.24) is 0 Å². The summed E-state index contributed by atoms with van der Waals surface area (Å²) in [7, 11) is 0. The van der Waals surface area contributed by atoms with Crippen LogP contribution in [0, 0.1) is 0 Å². The van der Waals surface area contributed by atoms with Gasteiger partial charge in [0.2, 0.25) is 0 Å². The second-order valence-electron chi connectivity index (χ2n) is 13.5. The van der Waals surface area contributed by atoms with Crippen molar-refractivity contribution < 1.29 is 0 Å². The number of halogens is 1. The molecule has 0 radical (unpaired) electrons. The topological polar surface area (TPSA) is 26.0 Å². The predicted molar refractivity (Wildman–Crippen MR) is 196 cm³/mol. The first kappa shape index (κ1) is 42.8. The lowest BCUT2D eigenvalue weighted by atomic mass is 9.82. The van der Waals surface area contributed by atoms with Gasteiger partial charge in [0, 0.05) is 5.54 Å². The van der Waals surface area contributed by atoms with E-state index in [9.17, 15) is 0 Å². The van der Waals surface area contributed by atoms with Crippen LogP contribution in [-0.4, -0.2) is 5.54 Å². The Morgan fingerprint density at radius 3 is 0.600 bits per heavy atom. The molecule has 1 nitrogen and oxygen atoms in total. The Morgan fingerprint density at radius 1 is 0.275 bits per heavy atom. The van der Waals surface area contributed by atoms with Crippen LogP contribution < -0.4 is 5.73 Å². The first-order chi connectivity index (χ1) is 19.2. The molecule has 0 bridgehead atoms. The lowest BCUT2D eigenvalue weighted by molar-refractivity contribution is 0.302. The first-order valence-electron chi connectivity index (χ1n) is 19.0. The van der Waals surface area contributed by atoms with Crippen LogP contribution in [0.2, 0.25) is 0 Å². The van der Waals surface area contributed by atoms with Gasteiger partial charge in [-0.25, -0.2) is 0 Å². The van der Waals surface area contributed by atoms with Gasteiger partial charge in [0.25, 0.3) is 0 Å². The molecule has 40 heavy (non-hydrogen) atoms. The minimum absolute atomic E-state index is 0. The maximum atomic E-state index is 7.10. The van der Waals surface area contributed by atoms with Crippen LogP contribution in [-0.2, 0) is 0 Å². The highest BCUT2D eigenvalue weighted by molar-refractivity contribution is 14.0. The fraction of sp³-hybridized carbons (Fsp3) is 1.00. The molecule has 0 aliphatic rings. The molecule has 0 aromatic heterocycles. The van der Waals surface area contributed by atoms with Gasteiger partial charge in [-0.1, -0.05) is 220 Å². The van der Waals surface area contributed by atoms with E-state index in [0.29, 0.717) is 0 Å². The molecule has 0 fully saturated rings. The van der Waals surface area contributed by atoms with Gasteiger partial charge in [-0.05, 0) is 19.3 Å². The van der Waals surface area contributed by atoms with E-state index in [1.54, 1.807) is 0 Å². The third-order valence-corrected chi connectivity index (χ3v) is 9.33. The Labute approximate surface area is 273 Å². The molecule has 2 heteroatoms. The van der Waals surface area contributed by atoms with Crippen LogP contribution in [0.15, 0.2) is 0 Å². The van der Waals surface area contributed by atoms with Crippen LogP contribution in [0.5, 0.6) is 0 Å². The number of rotatable bonds is 34. The lowest BCUT2D eigenvalue weighted by Crippen LogP contribution is -2.39. The minimum Gasteiger partial charge on any atom is -0.325 e. The Balaban J connectivity index is 0. The van der Waals surface area contributed by atoms with Gasteiger partial charge in [-0.15, -0.1) is 24.0 Å². The monoisotopic (exact) mass is 678 g/mol. The van der Waals surface area contributed by atoms with Crippen molar-refractivity contribution >= 4 is 24.0 Å². The molecule has 0 aromatic carbocycles. The molecule has 0 aliphatic heterocycles. The lowest BCUT2D eigenvalue weighted by Gasteiger charge is -2.30. The summed E-state index contributed by atoms with van der Waals surface area (Å²) < 4.78 is 0. The quantitative estimate of drug-likeness (QED) is 0.0532. The van der Waals surface area contributed by atoms with Crippen LogP contribution in [0.3, 0.4) is 0 Å². The van der Waals surface area contributed by atoms with Crippen molar-refractivity contribution in [3.63, 3.8) is 0 Å². The molecule has 0 spiro atoms. The van der Waals surface area contributed by atoms with E-state index in [1.165, 1.54) is 218 Å². The van der Waals surface area contributed by atoms with Crippen molar-refractivity contribution in [1.29, 1.82) is 0 Å². The highest BCUT2D eigenvalue weighted by atomic mass is 127. The summed E-state index contributed by atoms with van der Waals surface area (Å²) in [6, 6.07) is 0. The van der Waals surface area contributed by atoms with Crippen LogP contribution in [0.1, 0.15) is 239 Å². The molecular formula is C38H80IN. The highest BCUT2D eigenvalue weighted by Gasteiger charge is 2.23. The van der Waals surface area contributed by atoms with Crippen molar-refractivity contribution in [3.05, 3.63) is 0 Å². The first-order valence-corrected chi connectivity index (χ1v) is 19.0. The third-order valence-electron chi connectivity index (χ3n) is 9.33. The number of hydrogen-bond acceptors (Lipinski definition) is 1. The van der Waals surface area contributed by atoms with Gasteiger partial charge in [0.1, 0.15) is 0 Å². The maximum absolute atomic E-state index is 7.10. The molecule has 0 heterocycles. The van der Waals surface area contributed by atoms with Crippen molar-refractivity contribution in [3.8, 4) is 0 Å². The molecule has 2 N–H and O–H groups in total. The van der Waals surface area contributed by atoms with E-state index in [0.717, 1.165) is 0 Å². The maximum Gasteiger partial charge on any atom is 0.0154 e. The Hall–Kier alpha value is 0.690. The summed E-state index contributed by atoms with van der Waals surface area (Å²) in [6.45, 7) is 6.93. The number of hydrogen-bond donors (Lipinski definition) is 1. The predicted octanol–water partition coefficient (Wildman–Crippen LogP) is 14.6. The highest BCUT2D eigenvalue weighted by Crippen LogP contribution is 2.27. The molecule has 0 aromatic rings. The zero-order valence-electron chi connectivity index (χ0n) is 28.5. The van der Waals surface area contributed by atoms with Gasteiger partial charge < -0.3 is 5.73 Å². The number of unbranched alkanes of at least 4 members (excludes halogenated alkanes) is 28. The standard InChI is InChI=1S/C38H79N.HI/c1-4-7-10-13-16-18-20-21-22-23-24-26-28-31-34-37-38(39,35-32-29-15-12-9-6-3)36-33-30-27-25-19-17-14-11-8-5-2;/h4-37,39H2,1-3H3;1H. The van der Waals surface area contributed by atoms with Crippen molar-refractivity contribution in [2.75, 3.05) is 0 Å². The average molecular weight is 678 g/mol. The summed E-state index contributed by atoms with van der Waals surface area (Å²) >= 11 is 0. The van der Waals surface area contributed by atoms with E-state index in [-0.39, 0.29) is 29.5 Å². The molecule has 0 saturated carbocycles. The van der Waals surface area contributed by atoms with Crippen molar-refractivity contribution in [2.45, 2.75) is 245 Å². The third kappa shape index (κ3) is 33.2. The molecule has 1 unspecified atom stereocenters. The fourth-order valence-corrected chi connectivity index (χ4v) is 6.45. The minimum atomic E-state index is 0. The average Bonchev–Trinajstić information content (AvgIpc) is 2.94. The second-order valence-corrected chi connectivity index (χ2v) is 13.5. The van der Waals surface area contributed by atoms with Crippen molar-refractivity contribution in [2.24, 2.45) is 5.73 Å². The largest absolute Gasteiger partial charge is 0.325 e. The van der Waals surface area contributed by atoms with E-state index >= 15 is 0 Å². The smallest absolute Gasteiger partial charge is 0.0154 e. The van der Waals surface area contributed by atoms with E-state index in [2.05, 4.69) is 20.8 Å². The second kappa shape index (κ2) is 35.9. The molecular weight excluding hydrogens is 597 g/mol. The summed E-state index contributed by atoms with van der Waals surface area (Å²) in [5.74, 6) is 0. The van der Waals surface area contributed by atoms with Crippen LogP contribution in [0.25, 0.3) is 0 Å². The molecule has 0 amide bonds. The molecule has 0 rings (SSSR count). The van der Waals surface area contributed by atoms with Gasteiger partial charge in [-0.2, -0.15) is 0 Å². The molecule has 244 valence electrons. The van der Waals surface area contributed by atoms with Gasteiger partial charge in [0.15, 0.2) is 0 Å². The van der Waals surface area contributed by atoms with Gasteiger partial charge in [0.05, 0.1) is 0 Å². The van der Waals surface area contributed by atoms with E-state index in [4.69, 9.17) is 5.73 Å².